The summed E-state index contributed by atoms with van der Waals surface area (Å²) in [6.45, 7) is 6.84. The second kappa shape index (κ2) is 6.13. The molecule has 0 aliphatic carbocycles. The molecule has 0 fully saturated rings. The highest BCUT2D eigenvalue weighted by molar-refractivity contribution is 5.49. The smallest absolute Gasteiger partial charge is 0.227 e. The number of nitrogens with one attached hydrogen (secondary N) is 1. The van der Waals surface area contributed by atoms with Crippen molar-refractivity contribution < 1.29 is 4.74 Å². The van der Waals surface area contributed by atoms with E-state index < -0.39 is 0 Å². The molecule has 19 heavy (non-hydrogen) atoms. The van der Waals surface area contributed by atoms with Crippen LogP contribution in [0.15, 0.2) is 24.7 Å². The molecule has 1 N–H and O–H groups in total. The molecule has 0 saturated carbocycles. The van der Waals surface area contributed by atoms with E-state index in [-0.39, 0.29) is 0 Å². The fourth-order valence-electron chi connectivity index (χ4n) is 1.75. The maximum absolute atomic E-state index is 5.79. The van der Waals surface area contributed by atoms with Crippen LogP contribution in [0.25, 0.3) is 0 Å². The molecule has 0 bridgehead atoms. The Bertz CT molecular complexity index is 540. The summed E-state index contributed by atoms with van der Waals surface area (Å²) in [6, 6.07) is 3.80. The minimum atomic E-state index is 0.583. The van der Waals surface area contributed by atoms with Crippen LogP contribution in [-0.2, 0) is 6.42 Å². The van der Waals surface area contributed by atoms with Crippen molar-refractivity contribution in [2.75, 3.05) is 11.9 Å². The van der Waals surface area contributed by atoms with Gasteiger partial charge in [-0.1, -0.05) is 6.92 Å². The molecule has 0 saturated heterocycles. The lowest BCUT2D eigenvalue weighted by atomic mass is 10.2. The molecular weight excluding hydrogens is 240 g/mol. The SMILES string of the molecule is CCNc1ncnc(Oc2ccc(C)nc2)c1CC. The number of hydrogen-bond acceptors (Lipinski definition) is 5. The summed E-state index contributed by atoms with van der Waals surface area (Å²) in [5.74, 6) is 2.09. The molecule has 0 amide bonds. The zero-order valence-corrected chi connectivity index (χ0v) is 11.5. The third-order valence-electron chi connectivity index (χ3n) is 2.70. The van der Waals surface area contributed by atoms with E-state index in [0.29, 0.717) is 11.6 Å². The van der Waals surface area contributed by atoms with Crippen LogP contribution in [0.2, 0.25) is 0 Å². The van der Waals surface area contributed by atoms with E-state index in [2.05, 4.69) is 27.2 Å². The largest absolute Gasteiger partial charge is 0.437 e. The van der Waals surface area contributed by atoms with E-state index in [1.165, 1.54) is 6.33 Å². The Labute approximate surface area is 113 Å². The Morgan fingerprint density at radius 3 is 2.63 bits per heavy atom. The number of pyridine rings is 1. The predicted molar refractivity (Wildman–Crippen MR) is 74.6 cm³/mol. The zero-order valence-electron chi connectivity index (χ0n) is 11.5. The van der Waals surface area contributed by atoms with Gasteiger partial charge in [-0.3, -0.25) is 4.98 Å². The fraction of sp³-hybridized carbons (Fsp3) is 0.357. The van der Waals surface area contributed by atoms with Gasteiger partial charge < -0.3 is 10.1 Å². The summed E-state index contributed by atoms with van der Waals surface area (Å²) < 4.78 is 5.79. The Balaban J connectivity index is 2.28. The number of hydrogen-bond donors (Lipinski definition) is 1. The second-order valence-electron chi connectivity index (χ2n) is 4.13. The molecular formula is C14H18N4O. The summed E-state index contributed by atoms with van der Waals surface area (Å²) in [5, 5.41) is 3.22. The molecule has 0 atom stereocenters. The highest BCUT2D eigenvalue weighted by atomic mass is 16.5. The van der Waals surface area contributed by atoms with Crippen molar-refractivity contribution in [3.63, 3.8) is 0 Å². The van der Waals surface area contributed by atoms with E-state index in [4.69, 9.17) is 4.74 Å². The van der Waals surface area contributed by atoms with Gasteiger partial charge in [0.1, 0.15) is 17.9 Å². The Kier molecular flexibility index (Phi) is 4.28. The van der Waals surface area contributed by atoms with Crippen LogP contribution in [0.4, 0.5) is 5.82 Å². The van der Waals surface area contributed by atoms with Gasteiger partial charge in [0.2, 0.25) is 5.88 Å². The summed E-state index contributed by atoms with van der Waals surface area (Å²) in [7, 11) is 0. The molecule has 0 unspecified atom stereocenters. The normalized spacial score (nSPS) is 10.3. The molecule has 2 heterocycles. The van der Waals surface area contributed by atoms with Gasteiger partial charge in [0.05, 0.1) is 11.8 Å². The van der Waals surface area contributed by atoms with Gasteiger partial charge in [0.15, 0.2) is 0 Å². The van der Waals surface area contributed by atoms with Crippen LogP contribution in [0.1, 0.15) is 25.1 Å². The number of anilines is 1. The molecule has 2 aromatic heterocycles. The topological polar surface area (TPSA) is 59.9 Å². The molecule has 5 nitrogen and oxygen atoms in total. The standard InChI is InChI=1S/C14H18N4O/c1-4-12-13(15-5-2)17-9-18-14(12)19-11-7-6-10(3)16-8-11/h6-9H,4-5H2,1-3H3,(H,15,17,18). The number of aryl methyl sites for hydroxylation is 1. The lowest BCUT2D eigenvalue weighted by Crippen LogP contribution is -2.05. The van der Waals surface area contributed by atoms with Crippen molar-refractivity contribution >= 4 is 5.82 Å². The van der Waals surface area contributed by atoms with Gasteiger partial charge in [-0.15, -0.1) is 0 Å². The van der Waals surface area contributed by atoms with Gasteiger partial charge >= 0.3 is 0 Å². The summed E-state index contributed by atoms with van der Waals surface area (Å²) >= 11 is 0. The Hall–Kier alpha value is -2.17. The van der Waals surface area contributed by atoms with Crippen LogP contribution in [-0.4, -0.2) is 21.5 Å². The first-order valence-corrected chi connectivity index (χ1v) is 6.42. The van der Waals surface area contributed by atoms with E-state index in [9.17, 15) is 0 Å². The molecule has 2 aromatic rings. The Morgan fingerprint density at radius 1 is 1.16 bits per heavy atom. The fourth-order valence-corrected chi connectivity index (χ4v) is 1.75. The molecule has 0 spiro atoms. The van der Waals surface area contributed by atoms with Crippen LogP contribution in [0.5, 0.6) is 11.6 Å². The third kappa shape index (κ3) is 3.19. The summed E-state index contributed by atoms with van der Waals surface area (Å²) in [5.41, 5.74) is 1.93. The number of rotatable bonds is 5. The van der Waals surface area contributed by atoms with Crippen LogP contribution in [0, 0.1) is 6.92 Å². The molecule has 100 valence electrons. The van der Waals surface area contributed by atoms with Crippen molar-refractivity contribution in [3.05, 3.63) is 35.9 Å². The first-order chi connectivity index (χ1) is 9.24. The molecule has 0 radical (unpaired) electrons. The summed E-state index contributed by atoms with van der Waals surface area (Å²) in [4.78, 5) is 12.7. The van der Waals surface area contributed by atoms with Gasteiger partial charge in [0.25, 0.3) is 0 Å². The monoisotopic (exact) mass is 258 g/mol. The molecule has 0 aromatic carbocycles. The predicted octanol–water partition coefficient (Wildman–Crippen LogP) is 2.97. The average Bonchev–Trinajstić information content (AvgIpc) is 2.42. The van der Waals surface area contributed by atoms with Crippen LogP contribution >= 0.6 is 0 Å². The van der Waals surface area contributed by atoms with Crippen molar-refractivity contribution in [2.24, 2.45) is 0 Å². The van der Waals surface area contributed by atoms with Crippen LogP contribution in [0.3, 0.4) is 0 Å². The second-order valence-corrected chi connectivity index (χ2v) is 4.13. The summed E-state index contributed by atoms with van der Waals surface area (Å²) in [6.07, 6.45) is 4.01. The maximum atomic E-state index is 5.79. The zero-order chi connectivity index (χ0) is 13.7. The number of nitrogens with zero attached hydrogens (tertiary/aromatic N) is 3. The number of ether oxygens (including phenoxy) is 1. The van der Waals surface area contributed by atoms with E-state index >= 15 is 0 Å². The molecule has 5 heteroatoms. The molecule has 2 rings (SSSR count). The highest BCUT2D eigenvalue weighted by Gasteiger charge is 2.11. The van der Waals surface area contributed by atoms with E-state index in [1.54, 1.807) is 6.20 Å². The molecule has 0 aliphatic heterocycles. The van der Waals surface area contributed by atoms with Crippen molar-refractivity contribution in [1.29, 1.82) is 0 Å². The lowest BCUT2D eigenvalue weighted by molar-refractivity contribution is 0.453. The quantitative estimate of drug-likeness (QED) is 0.893. The Morgan fingerprint density at radius 2 is 2.00 bits per heavy atom. The van der Waals surface area contributed by atoms with Gasteiger partial charge in [-0.05, 0) is 32.4 Å². The maximum Gasteiger partial charge on any atom is 0.227 e. The van der Waals surface area contributed by atoms with Crippen molar-refractivity contribution in [2.45, 2.75) is 27.2 Å². The average molecular weight is 258 g/mol. The minimum absolute atomic E-state index is 0.583. The first-order valence-electron chi connectivity index (χ1n) is 6.42. The number of aromatic nitrogens is 3. The minimum Gasteiger partial charge on any atom is -0.437 e. The lowest BCUT2D eigenvalue weighted by Gasteiger charge is -2.12. The van der Waals surface area contributed by atoms with Crippen molar-refractivity contribution in [3.8, 4) is 11.6 Å². The molecule has 0 aliphatic rings. The van der Waals surface area contributed by atoms with Crippen molar-refractivity contribution in [1.82, 2.24) is 15.0 Å². The van der Waals surface area contributed by atoms with E-state index in [1.807, 2.05) is 26.0 Å². The third-order valence-corrected chi connectivity index (χ3v) is 2.70. The first kappa shape index (κ1) is 13.3. The van der Waals surface area contributed by atoms with Gasteiger partial charge in [0, 0.05) is 12.2 Å². The van der Waals surface area contributed by atoms with E-state index in [0.717, 1.165) is 30.0 Å². The van der Waals surface area contributed by atoms with Gasteiger partial charge in [-0.2, -0.15) is 0 Å². The van der Waals surface area contributed by atoms with Crippen LogP contribution < -0.4 is 10.1 Å². The van der Waals surface area contributed by atoms with Gasteiger partial charge in [-0.25, -0.2) is 9.97 Å². The highest BCUT2D eigenvalue weighted by Crippen LogP contribution is 2.26.